The molecule has 2 heterocycles. The van der Waals surface area contributed by atoms with Crippen LogP contribution in [0.25, 0.3) is 10.9 Å². The molecule has 0 bridgehead atoms. The number of nitrogens with zero attached hydrogens (tertiary/aromatic N) is 3. The highest BCUT2D eigenvalue weighted by Gasteiger charge is 2.41. The Morgan fingerprint density at radius 3 is 2.71 bits per heavy atom. The summed E-state index contributed by atoms with van der Waals surface area (Å²) < 4.78 is 10.6. The summed E-state index contributed by atoms with van der Waals surface area (Å²) in [6, 6.07) is 7.53. The van der Waals surface area contributed by atoms with Gasteiger partial charge in [0, 0.05) is 17.9 Å². The Kier molecular flexibility index (Phi) is 4.75. The van der Waals surface area contributed by atoms with Gasteiger partial charge in [-0.3, -0.25) is 9.78 Å². The Bertz CT molecular complexity index is 1020. The van der Waals surface area contributed by atoms with Gasteiger partial charge in [-0.05, 0) is 38.0 Å². The zero-order valence-corrected chi connectivity index (χ0v) is 16.4. The fourth-order valence-electron chi connectivity index (χ4n) is 3.86. The monoisotopic (exact) mass is 380 g/mol. The minimum Gasteiger partial charge on any atom is -0.497 e. The van der Waals surface area contributed by atoms with E-state index in [0.29, 0.717) is 29.4 Å². The minimum atomic E-state index is -0.574. The van der Waals surface area contributed by atoms with Gasteiger partial charge in [-0.1, -0.05) is 24.9 Å². The fourth-order valence-corrected chi connectivity index (χ4v) is 3.86. The Labute approximate surface area is 163 Å². The summed E-state index contributed by atoms with van der Waals surface area (Å²) in [6.07, 6.45) is 4.32. The number of aromatic nitrogens is 3. The largest absolute Gasteiger partial charge is 0.497 e. The van der Waals surface area contributed by atoms with Crippen LogP contribution in [0.15, 0.2) is 28.8 Å². The van der Waals surface area contributed by atoms with Crippen LogP contribution in [0.4, 0.5) is 0 Å². The van der Waals surface area contributed by atoms with Gasteiger partial charge in [-0.2, -0.15) is 4.98 Å². The molecule has 1 aromatic carbocycles. The molecule has 3 aromatic rings. The molecule has 1 fully saturated rings. The molecule has 1 saturated carbocycles. The third-order valence-corrected chi connectivity index (χ3v) is 5.47. The molecule has 146 valence electrons. The van der Waals surface area contributed by atoms with Crippen molar-refractivity contribution in [3.8, 4) is 5.75 Å². The number of nitrogens with one attached hydrogen (secondary N) is 1. The van der Waals surface area contributed by atoms with Crippen molar-refractivity contribution in [2.24, 2.45) is 0 Å². The number of aryl methyl sites for hydroxylation is 2. The molecule has 1 N–H and O–H groups in total. The number of ether oxygens (including phenoxy) is 1. The first kappa shape index (κ1) is 18.4. The van der Waals surface area contributed by atoms with Crippen LogP contribution >= 0.6 is 0 Å². The molecule has 1 aliphatic rings. The molecule has 0 unspecified atom stereocenters. The van der Waals surface area contributed by atoms with Crippen molar-refractivity contribution >= 4 is 16.8 Å². The normalized spacial score (nSPS) is 15.7. The third-order valence-electron chi connectivity index (χ3n) is 5.47. The van der Waals surface area contributed by atoms with E-state index in [4.69, 9.17) is 9.26 Å². The maximum Gasteiger partial charge on any atom is 0.253 e. The number of fused-ring (bicyclic) bond motifs is 1. The van der Waals surface area contributed by atoms with Crippen LogP contribution in [0.5, 0.6) is 5.75 Å². The summed E-state index contributed by atoms with van der Waals surface area (Å²) in [6.45, 7) is 3.81. The lowest BCUT2D eigenvalue weighted by molar-refractivity contribution is 0.0891. The van der Waals surface area contributed by atoms with Gasteiger partial charge in [0.05, 0.1) is 23.9 Å². The second-order valence-corrected chi connectivity index (χ2v) is 7.29. The van der Waals surface area contributed by atoms with E-state index in [9.17, 15) is 4.79 Å². The number of carbonyl (C=O) groups excluding carboxylic acids is 1. The second kappa shape index (κ2) is 7.22. The van der Waals surface area contributed by atoms with Crippen molar-refractivity contribution in [3.63, 3.8) is 0 Å². The number of rotatable bonds is 5. The highest BCUT2D eigenvalue weighted by atomic mass is 16.5. The number of benzene rings is 1. The number of pyridine rings is 1. The van der Waals surface area contributed by atoms with Crippen LogP contribution < -0.4 is 10.1 Å². The summed E-state index contributed by atoms with van der Waals surface area (Å²) >= 11 is 0. The number of hydrogen-bond donors (Lipinski definition) is 1. The van der Waals surface area contributed by atoms with Crippen molar-refractivity contribution in [1.82, 2.24) is 20.4 Å². The topological polar surface area (TPSA) is 90.1 Å². The molecule has 4 rings (SSSR count). The van der Waals surface area contributed by atoms with Crippen LogP contribution in [-0.2, 0) is 12.0 Å². The Hall–Kier alpha value is -2.96. The third kappa shape index (κ3) is 3.21. The first-order valence-electron chi connectivity index (χ1n) is 9.65. The summed E-state index contributed by atoms with van der Waals surface area (Å²) in [5, 5.41) is 8.24. The van der Waals surface area contributed by atoms with E-state index in [0.717, 1.165) is 42.3 Å². The predicted octanol–water partition coefficient (Wildman–Crippen LogP) is 3.70. The van der Waals surface area contributed by atoms with E-state index < -0.39 is 5.54 Å². The highest BCUT2D eigenvalue weighted by Crippen LogP contribution is 2.37. The summed E-state index contributed by atoms with van der Waals surface area (Å²) in [5.41, 5.74) is 1.46. The molecule has 2 aromatic heterocycles. The molecule has 0 atom stereocenters. The quantitative estimate of drug-likeness (QED) is 0.726. The molecule has 7 heteroatoms. The van der Waals surface area contributed by atoms with Gasteiger partial charge in [0.25, 0.3) is 5.91 Å². The van der Waals surface area contributed by atoms with Crippen molar-refractivity contribution < 1.29 is 14.1 Å². The van der Waals surface area contributed by atoms with E-state index >= 15 is 0 Å². The molecule has 7 nitrogen and oxygen atoms in total. The van der Waals surface area contributed by atoms with Gasteiger partial charge >= 0.3 is 0 Å². The Morgan fingerprint density at radius 2 is 2.04 bits per heavy atom. The van der Waals surface area contributed by atoms with E-state index in [1.807, 2.05) is 38.1 Å². The molecule has 28 heavy (non-hydrogen) atoms. The van der Waals surface area contributed by atoms with Crippen LogP contribution in [-0.4, -0.2) is 28.1 Å². The van der Waals surface area contributed by atoms with Crippen LogP contribution in [0.3, 0.4) is 0 Å². The van der Waals surface area contributed by atoms with E-state index in [-0.39, 0.29) is 5.91 Å². The average Bonchev–Trinajstić information content (AvgIpc) is 3.37. The predicted molar refractivity (Wildman–Crippen MR) is 104 cm³/mol. The van der Waals surface area contributed by atoms with E-state index in [2.05, 4.69) is 20.4 Å². The molecule has 0 radical (unpaired) electrons. The lowest BCUT2D eigenvalue weighted by Crippen LogP contribution is -2.45. The van der Waals surface area contributed by atoms with Gasteiger partial charge in [-0.15, -0.1) is 0 Å². The number of hydrogen-bond acceptors (Lipinski definition) is 6. The molecule has 1 aliphatic carbocycles. The number of methoxy groups -OCH3 is 1. The highest BCUT2D eigenvalue weighted by molar-refractivity contribution is 5.99. The smallest absolute Gasteiger partial charge is 0.253 e. The maximum atomic E-state index is 13.2. The first-order valence-corrected chi connectivity index (χ1v) is 9.65. The Balaban J connectivity index is 1.67. The Morgan fingerprint density at radius 1 is 1.25 bits per heavy atom. The van der Waals surface area contributed by atoms with Crippen LogP contribution in [0, 0.1) is 6.92 Å². The van der Waals surface area contributed by atoms with E-state index in [1.165, 1.54) is 0 Å². The minimum absolute atomic E-state index is 0.160. The number of amides is 1. The molecule has 0 saturated heterocycles. The molecular formula is C21H24N4O3. The molecular weight excluding hydrogens is 356 g/mol. The lowest BCUT2D eigenvalue weighted by atomic mass is 9.95. The zero-order valence-electron chi connectivity index (χ0n) is 16.4. The SMILES string of the molecule is CCc1nc(C2(NC(=O)c3cc4ccc(OC)cc4nc3C)CCCC2)no1. The maximum absolute atomic E-state index is 13.2. The van der Waals surface area contributed by atoms with Crippen molar-refractivity contribution in [2.75, 3.05) is 7.11 Å². The second-order valence-electron chi connectivity index (χ2n) is 7.29. The zero-order chi connectivity index (χ0) is 19.7. The standard InChI is InChI=1S/C21H24N4O3/c1-4-18-23-20(25-28-18)21(9-5-6-10-21)24-19(26)16-11-14-7-8-15(27-3)12-17(14)22-13(16)2/h7-8,11-12H,4-6,9-10H2,1-3H3,(H,24,26). The summed E-state index contributed by atoms with van der Waals surface area (Å²) in [7, 11) is 1.62. The van der Waals surface area contributed by atoms with E-state index in [1.54, 1.807) is 7.11 Å². The van der Waals surface area contributed by atoms with Gasteiger partial charge in [0.15, 0.2) is 5.82 Å². The summed E-state index contributed by atoms with van der Waals surface area (Å²) in [4.78, 5) is 22.3. The van der Waals surface area contributed by atoms with Crippen molar-refractivity contribution in [2.45, 2.75) is 51.5 Å². The molecule has 1 amide bonds. The number of carbonyl (C=O) groups is 1. The van der Waals surface area contributed by atoms with Gasteiger partial charge < -0.3 is 14.6 Å². The van der Waals surface area contributed by atoms with Crippen molar-refractivity contribution in [1.29, 1.82) is 0 Å². The van der Waals surface area contributed by atoms with Crippen molar-refractivity contribution in [3.05, 3.63) is 47.2 Å². The van der Waals surface area contributed by atoms with Gasteiger partial charge in [-0.25, -0.2) is 0 Å². The van der Waals surface area contributed by atoms with Crippen LogP contribution in [0.1, 0.15) is 60.4 Å². The first-order chi connectivity index (χ1) is 13.5. The van der Waals surface area contributed by atoms with Crippen LogP contribution in [0.2, 0.25) is 0 Å². The lowest BCUT2D eigenvalue weighted by Gasteiger charge is -2.27. The fraction of sp³-hybridized carbons (Fsp3) is 0.429. The molecule has 0 aliphatic heterocycles. The molecule has 0 spiro atoms. The van der Waals surface area contributed by atoms with Gasteiger partial charge in [0.1, 0.15) is 11.3 Å². The average molecular weight is 380 g/mol. The summed E-state index contributed by atoms with van der Waals surface area (Å²) in [5.74, 6) is 1.75. The van der Waals surface area contributed by atoms with Gasteiger partial charge in [0.2, 0.25) is 5.89 Å².